The fourth-order valence-corrected chi connectivity index (χ4v) is 1.24. The van der Waals surface area contributed by atoms with Crippen molar-refractivity contribution in [2.24, 2.45) is 0 Å². The lowest BCUT2D eigenvalue weighted by Gasteiger charge is -2.16. The van der Waals surface area contributed by atoms with Gasteiger partial charge in [-0.25, -0.2) is 0 Å². The summed E-state index contributed by atoms with van der Waals surface area (Å²) < 4.78 is 0. The fourth-order valence-electron chi connectivity index (χ4n) is 1.24. The molecule has 0 radical (unpaired) electrons. The van der Waals surface area contributed by atoms with Crippen molar-refractivity contribution in [2.45, 2.75) is 12.5 Å². The molecule has 0 unspecified atom stereocenters. The molecule has 0 spiro atoms. The zero-order chi connectivity index (χ0) is 11.1. The van der Waals surface area contributed by atoms with E-state index in [0.29, 0.717) is 0 Å². The van der Waals surface area contributed by atoms with Crippen molar-refractivity contribution in [2.75, 3.05) is 14.1 Å². The molecule has 0 aliphatic rings. The van der Waals surface area contributed by atoms with E-state index in [1.165, 1.54) is 0 Å². The second kappa shape index (κ2) is 6.06. The second-order valence-electron chi connectivity index (χ2n) is 3.64. The van der Waals surface area contributed by atoms with Crippen LogP contribution in [0.5, 0.6) is 0 Å². The summed E-state index contributed by atoms with van der Waals surface area (Å²) in [5.74, 6) is 6.41. The van der Waals surface area contributed by atoms with E-state index in [9.17, 15) is 0 Å². The van der Waals surface area contributed by atoms with Crippen LogP contribution in [0.25, 0.3) is 0 Å². The quantitative estimate of drug-likeness (QED) is 0.534. The van der Waals surface area contributed by atoms with Crippen molar-refractivity contribution in [1.82, 2.24) is 4.90 Å². The third-order valence-corrected chi connectivity index (χ3v) is 2.17. The molecule has 0 aliphatic carbocycles. The molecule has 1 nitrogen and oxygen atoms in total. The van der Waals surface area contributed by atoms with Gasteiger partial charge in [0.1, 0.15) is 0 Å². The van der Waals surface area contributed by atoms with Gasteiger partial charge in [0.15, 0.2) is 0 Å². The first kappa shape index (κ1) is 11.6. The van der Waals surface area contributed by atoms with Crippen LogP contribution in [0.4, 0.5) is 0 Å². The Morgan fingerprint density at radius 2 is 2.00 bits per heavy atom. The summed E-state index contributed by atoms with van der Waals surface area (Å²) in [6, 6.07) is 10.3. The van der Waals surface area contributed by atoms with E-state index in [2.05, 4.69) is 23.3 Å². The first-order chi connectivity index (χ1) is 7.24. The van der Waals surface area contributed by atoms with Crippen LogP contribution in [-0.4, -0.2) is 25.0 Å². The fraction of sp³-hybridized carbons (Fsp3) is 0.286. The van der Waals surface area contributed by atoms with Crippen LogP contribution in [0.15, 0.2) is 43.0 Å². The number of benzene rings is 1. The third kappa shape index (κ3) is 4.01. The summed E-state index contributed by atoms with van der Waals surface area (Å²) in [5, 5.41) is 0. The van der Waals surface area contributed by atoms with Gasteiger partial charge < -0.3 is 0 Å². The lowest BCUT2D eigenvalue weighted by Crippen LogP contribution is -2.25. The van der Waals surface area contributed by atoms with E-state index in [-0.39, 0.29) is 6.04 Å². The zero-order valence-corrected chi connectivity index (χ0v) is 9.40. The Balaban J connectivity index is 2.73. The molecule has 1 heteroatoms. The molecule has 0 fully saturated rings. The largest absolute Gasteiger partial charge is 0.296 e. The lowest BCUT2D eigenvalue weighted by molar-refractivity contribution is 0.355. The van der Waals surface area contributed by atoms with Gasteiger partial charge in [-0.2, -0.15) is 0 Å². The van der Waals surface area contributed by atoms with Crippen LogP contribution in [0.1, 0.15) is 12.0 Å². The van der Waals surface area contributed by atoms with Crippen LogP contribution in [0.2, 0.25) is 0 Å². The molecule has 0 aromatic heterocycles. The highest BCUT2D eigenvalue weighted by Gasteiger charge is 2.03. The molecule has 1 atom stereocenters. The molecule has 0 amide bonds. The summed E-state index contributed by atoms with van der Waals surface area (Å²) in [6.07, 6.45) is 2.80. The minimum atomic E-state index is 0.253. The van der Waals surface area contributed by atoms with E-state index in [4.69, 9.17) is 0 Å². The summed E-state index contributed by atoms with van der Waals surface area (Å²) >= 11 is 0. The smallest absolute Gasteiger partial charge is 0.0748 e. The normalized spacial score (nSPS) is 11.7. The van der Waals surface area contributed by atoms with E-state index in [1.54, 1.807) is 0 Å². The van der Waals surface area contributed by atoms with Gasteiger partial charge in [0.05, 0.1) is 6.04 Å². The summed E-state index contributed by atoms with van der Waals surface area (Å²) in [4.78, 5) is 2.11. The SMILES string of the molecule is C=CC[C@@H](C#Cc1ccccc1)N(C)C. The molecule has 0 saturated heterocycles. The highest BCUT2D eigenvalue weighted by atomic mass is 15.1. The van der Waals surface area contributed by atoms with Gasteiger partial charge >= 0.3 is 0 Å². The topological polar surface area (TPSA) is 3.24 Å². The van der Waals surface area contributed by atoms with Crippen molar-refractivity contribution >= 4 is 0 Å². The number of hydrogen-bond donors (Lipinski definition) is 0. The Bertz CT molecular complexity index is 354. The van der Waals surface area contributed by atoms with Crippen LogP contribution in [0, 0.1) is 11.8 Å². The molecule has 0 aliphatic heterocycles. The van der Waals surface area contributed by atoms with E-state index >= 15 is 0 Å². The van der Waals surface area contributed by atoms with Crippen molar-refractivity contribution < 1.29 is 0 Å². The molecular weight excluding hydrogens is 182 g/mol. The van der Waals surface area contributed by atoms with Crippen LogP contribution in [-0.2, 0) is 0 Å². The first-order valence-electron chi connectivity index (χ1n) is 5.08. The molecule has 1 aromatic rings. The third-order valence-electron chi connectivity index (χ3n) is 2.17. The predicted molar refractivity (Wildman–Crippen MR) is 65.6 cm³/mol. The zero-order valence-electron chi connectivity index (χ0n) is 9.40. The Morgan fingerprint density at radius 3 is 2.53 bits per heavy atom. The van der Waals surface area contributed by atoms with Crippen LogP contribution in [0.3, 0.4) is 0 Å². The van der Waals surface area contributed by atoms with E-state index in [1.807, 2.05) is 50.5 Å². The van der Waals surface area contributed by atoms with Crippen LogP contribution < -0.4 is 0 Å². The van der Waals surface area contributed by atoms with Crippen molar-refractivity contribution in [3.63, 3.8) is 0 Å². The maximum atomic E-state index is 3.74. The van der Waals surface area contributed by atoms with Gasteiger partial charge in [0, 0.05) is 5.56 Å². The summed E-state index contributed by atoms with van der Waals surface area (Å²) in [6.45, 7) is 3.74. The average Bonchev–Trinajstić information content (AvgIpc) is 2.25. The summed E-state index contributed by atoms with van der Waals surface area (Å²) in [5.41, 5.74) is 1.06. The Hall–Kier alpha value is -1.52. The Labute approximate surface area is 92.4 Å². The van der Waals surface area contributed by atoms with Crippen molar-refractivity contribution in [3.05, 3.63) is 48.6 Å². The highest BCUT2D eigenvalue weighted by Crippen LogP contribution is 2.00. The van der Waals surface area contributed by atoms with Crippen molar-refractivity contribution in [1.29, 1.82) is 0 Å². The predicted octanol–water partition coefficient (Wildman–Crippen LogP) is 2.54. The average molecular weight is 199 g/mol. The minimum absolute atomic E-state index is 0.253. The van der Waals surface area contributed by atoms with E-state index < -0.39 is 0 Å². The van der Waals surface area contributed by atoms with Crippen molar-refractivity contribution in [3.8, 4) is 11.8 Å². The Morgan fingerprint density at radius 1 is 1.33 bits per heavy atom. The number of rotatable bonds is 3. The molecule has 0 N–H and O–H groups in total. The Kier molecular flexibility index (Phi) is 4.66. The van der Waals surface area contributed by atoms with Gasteiger partial charge in [-0.3, -0.25) is 4.90 Å². The minimum Gasteiger partial charge on any atom is -0.296 e. The van der Waals surface area contributed by atoms with E-state index in [0.717, 1.165) is 12.0 Å². The lowest BCUT2D eigenvalue weighted by atomic mass is 10.1. The monoisotopic (exact) mass is 199 g/mol. The number of nitrogens with zero attached hydrogens (tertiary/aromatic N) is 1. The molecule has 0 saturated carbocycles. The maximum Gasteiger partial charge on any atom is 0.0748 e. The van der Waals surface area contributed by atoms with Gasteiger partial charge in [-0.05, 0) is 32.6 Å². The highest BCUT2D eigenvalue weighted by molar-refractivity contribution is 5.34. The molecule has 78 valence electrons. The standard InChI is InChI=1S/C14H17N/c1-4-8-14(15(2)3)12-11-13-9-6-5-7-10-13/h4-7,9-10,14H,1,8H2,2-3H3/t14-/m0/s1. The second-order valence-corrected chi connectivity index (χ2v) is 3.64. The molecule has 0 heterocycles. The first-order valence-corrected chi connectivity index (χ1v) is 5.08. The van der Waals surface area contributed by atoms with Crippen LogP contribution >= 0.6 is 0 Å². The molecule has 0 bridgehead atoms. The van der Waals surface area contributed by atoms with Gasteiger partial charge in [-0.15, -0.1) is 6.58 Å². The van der Waals surface area contributed by atoms with Gasteiger partial charge in [-0.1, -0.05) is 36.1 Å². The maximum absolute atomic E-state index is 3.74. The van der Waals surface area contributed by atoms with Gasteiger partial charge in [0.2, 0.25) is 0 Å². The molecular formula is C14H17N. The number of hydrogen-bond acceptors (Lipinski definition) is 1. The summed E-state index contributed by atoms with van der Waals surface area (Å²) in [7, 11) is 4.07. The molecule has 1 rings (SSSR count). The molecule has 1 aromatic carbocycles. The molecule has 15 heavy (non-hydrogen) atoms. The van der Waals surface area contributed by atoms with Gasteiger partial charge in [0.25, 0.3) is 0 Å².